The topological polar surface area (TPSA) is 80.3 Å². The lowest BCUT2D eigenvalue weighted by molar-refractivity contribution is -0.118. The van der Waals surface area contributed by atoms with Crippen molar-refractivity contribution in [2.24, 2.45) is 0 Å². The van der Waals surface area contributed by atoms with Gasteiger partial charge in [0.05, 0.1) is 21.9 Å². The molecular formula is C23H21F2N3O3S. The molecule has 1 aromatic heterocycles. The molecule has 0 spiro atoms. The summed E-state index contributed by atoms with van der Waals surface area (Å²) in [4.78, 5) is 29.5. The van der Waals surface area contributed by atoms with E-state index in [2.05, 4.69) is 20.4 Å². The number of fused-ring (bicyclic) bond motifs is 1. The molecule has 0 aliphatic heterocycles. The van der Waals surface area contributed by atoms with E-state index in [9.17, 15) is 18.4 Å². The highest BCUT2D eigenvalue weighted by atomic mass is 32.2. The number of nitrogens with one attached hydrogen (secondary N) is 2. The Morgan fingerprint density at radius 3 is 2.59 bits per heavy atom. The average molecular weight is 458 g/mol. The number of carbonyl (C=O) groups is 2. The van der Waals surface area contributed by atoms with E-state index in [1.165, 1.54) is 23.9 Å². The second-order valence-electron chi connectivity index (χ2n) is 7.36. The summed E-state index contributed by atoms with van der Waals surface area (Å²) in [7, 11) is 0. The molecule has 1 aliphatic carbocycles. The van der Waals surface area contributed by atoms with Crippen molar-refractivity contribution in [1.29, 1.82) is 0 Å². The van der Waals surface area contributed by atoms with Gasteiger partial charge in [-0.1, -0.05) is 42.1 Å². The Morgan fingerprint density at radius 2 is 1.88 bits per heavy atom. The predicted octanol–water partition coefficient (Wildman–Crippen LogP) is 4.14. The van der Waals surface area contributed by atoms with Crippen molar-refractivity contribution in [2.45, 2.75) is 37.1 Å². The smallest absolute Gasteiger partial charge is 0.387 e. The summed E-state index contributed by atoms with van der Waals surface area (Å²) in [5.41, 5.74) is 2.01. The lowest BCUT2D eigenvalue weighted by Crippen LogP contribution is -2.26. The average Bonchev–Trinajstić information content (AvgIpc) is 3.60. The Labute approximate surface area is 187 Å². The molecule has 1 fully saturated rings. The van der Waals surface area contributed by atoms with Crippen LogP contribution in [0.4, 0.5) is 8.78 Å². The molecule has 6 nitrogen and oxygen atoms in total. The molecule has 2 N–H and O–H groups in total. The molecule has 3 aromatic rings. The molecule has 0 unspecified atom stereocenters. The van der Waals surface area contributed by atoms with Crippen LogP contribution in [0.2, 0.25) is 0 Å². The fourth-order valence-electron chi connectivity index (χ4n) is 3.08. The highest BCUT2D eigenvalue weighted by Gasteiger charge is 2.25. The number of alkyl halides is 2. The minimum Gasteiger partial charge on any atom is -0.435 e. The van der Waals surface area contributed by atoms with Crippen LogP contribution in [0.15, 0.2) is 59.6 Å². The summed E-state index contributed by atoms with van der Waals surface area (Å²) >= 11 is 1.25. The Hall–Kier alpha value is -3.20. The zero-order valence-corrected chi connectivity index (χ0v) is 17.8. The molecule has 1 heterocycles. The summed E-state index contributed by atoms with van der Waals surface area (Å²) in [5, 5.41) is 7.15. The van der Waals surface area contributed by atoms with E-state index in [0.29, 0.717) is 16.1 Å². The molecule has 0 bridgehead atoms. The number of hydrogen-bond acceptors (Lipinski definition) is 5. The Kier molecular flexibility index (Phi) is 6.84. The zero-order chi connectivity index (χ0) is 22.5. The first kappa shape index (κ1) is 22.0. The summed E-state index contributed by atoms with van der Waals surface area (Å²) in [6, 6.07) is 15.5. The Bertz CT molecular complexity index is 1120. The number of pyridine rings is 1. The van der Waals surface area contributed by atoms with Gasteiger partial charge < -0.3 is 15.4 Å². The molecule has 0 atom stereocenters. The molecule has 0 saturated heterocycles. The summed E-state index contributed by atoms with van der Waals surface area (Å²) in [5.74, 6) is -0.144. The molecule has 1 saturated carbocycles. The van der Waals surface area contributed by atoms with Crippen LogP contribution in [0.25, 0.3) is 10.9 Å². The quantitative estimate of drug-likeness (QED) is 0.472. The maximum atomic E-state index is 12.7. The fourth-order valence-corrected chi connectivity index (χ4v) is 3.83. The van der Waals surface area contributed by atoms with E-state index in [1.807, 2.05) is 24.3 Å². The van der Waals surface area contributed by atoms with Gasteiger partial charge in [0.15, 0.2) is 0 Å². The first-order valence-electron chi connectivity index (χ1n) is 10.1. The van der Waals surface area contributed by atoms with Crippen molar-refractivity contribution in [2.75, 3.05) is 5.75 Å². The number of ether oxygens (including phenoxy) is 1. The number of thioether (sulfide) groups is 1. The number of nitrogens with zero attached hydrogens (tertiary/aromatic N) is 1. The van der Waals surface area contributed by atoms with Crippen LogP contribution in [0.1, 0.15) is 28.8 Å². The highest BCUT2D eigenvalue weighted by Crippen LogP contribution is 2.26. The lowest BCUT2D eigenvalue weighted by Gasteiger charge is -2.10. The molecular weight excluding hydrogens is 436 g/mol. The van der Waals surface area contributed by atoms with Gasteiger partial charge in [-0.05, 0) is 42.7 Å². The Balaban J connectivity index is 1.36. The van der Waals surface area contributed by atoms with Crippen molar-refractivity contribution in [3.8, 4) is 5.75 Å². The highest BCUT2D eigenvalue weighted by molar-refractivity contribution is 7.99. The largest absolute Gasteiger partial charge is 0.435 e. The molecule has 9 heteroatoms. The third kappa shape index (κ3) is 5.94. The van der Waals surface area contributed by atoms with Crippen LogP contribution in [0.3, 0.4) is 0 Å². The second kappa shape index (κ2) is 9.95. The van der Waals surface area contributed by atoms with Crippen LogP contribution in [-0.2, 0) is 11.3 Å². The predicted molar refractivity (Wildman–Crippen MR) is 118 cm³/mol. The van der Waals surface area contributed by atoms with Gasteiger partial charge in [-0.3, -0.25) is 9.59 Å². The van der Waals surface area contributed by atoms with E-state index in [1.54, 1.807) is 18.2 Å². The summed E-state index contributed by atoms with van der Waals surface area (Å²) in [6.45, 7) is -2.62. The summed E-state index contributed by atoms with van der Waals surface area (Å²) < 4.78 is 28.7. The minimum atomic E-state index is -2.87. The van der Waals surface area contributed by atoms with Gasteiger partial charge in [0.1, 0.15) is 5.75 Å². The van der Waals surface area contributed by atoms with Gasteiger partial charge in [0.25, 0.3) is 5.91 Å². The lowest BCUT2D eigenvalue weighted by atomic mass is 10.1. The van der Waals surface area contributed by atoms with E-state index in [4.69, 9.17) is 0 Å². The van der Waals surface area contributed by atoms with Gasteiger partial charge in [-0.25, -0.2) is 4.98 Å². The number of para-hydroxylation sites is 1. The maximum absolute atomic E-state index is 12.7. The SMILES string of the molecule is O=C(CSc1cc(C(=O)NC2CC2)c2ccccc2n1)NCc1ccc(OC(F)F)cc1. The first-order valence-corrected chi connectivity index (χ1v) is 11.1. The maximum Gasteiger partial charge on any atom is 0.387 e. The minimum absolute atomic E-state index is 0.0644. The van der Waals surface area contributed by atoms with Crippen molar-refractivity contribution < 1.29 is 23.1 Å². The monoisotopic (exact) mass is 457 g/mol. The molecule has 1 aliphatic rings. The summed E-state index contributed by atoms with van der Waals surface area (Å²) in [6.07, 6.45) is 2.00. The number of rotatable bonds is 9. The van der Waals surface area contributed by atoms with Crippen LogP contribution in [0, 0.1) is 0 Å². The number of hydrogen-bond donors (Lipinski definition) is 2. The number of aromatic nitrogens is 1. The standard InChI is InChI=1S/C23H21F2N3O3S/c24-23(25)31-16-9-5-14(6-10-16)12-26-20(29)13-32-21-11-18(22(30)27-15-7-8-15)17-3-1-2-4-19(17)28-21/h1-6,9-11,15,23H,7-8,12-13H2,(H,26,29)(H,27,30). The van der Waals surface area contributed by atoms with Gasteiger partial charge >= 0.3 is 6.61 Å². The third-order valence-corrected chi connectivity index (χ3v) is 5.75. The van der Waals surface area contributed by atoms with Gasteiger partial charge in [0, 0.05) is 18.0 Å². The van der Waals surface area contributed by atoms with E-state index >= 15 is 0 Å². The molecule has 166 valence electrons. The van der Waals surface area contributed by atoms with Gasteiger partial charge in [0.2, 0.25) is 5.91 Å². The number of carbonyl (C=O) groups excluding carboxylic acids is 2. The first-order chi connectivity index (χ1) is 15.5. The normalized spacial score (nSPS) is 13.2. The van der Waals surface area contributed by atoms with Crippen LogP contribution >= 0.6 is 11.8 Å². The molecule has 4 rings (SSSR count). The molecule has 32 heavy (non-hydrogen) atoms. The van der Waals surface area contributed by atoms with Gasteiger partial charge in [-0.2, -0.15) is 8.78 Å². The van der Waals surface area contributed by atoms with Crippen molar-refractivity contribution in [3.63, 3.8) is 0 Å². The van der Waals surface area contributed by atoms with E-state index in [-0.39, 0.29) is 35.9 Å². The number of halogens is 2. The van der Waals surface area contributed by atoms with Crippen molar-refractivity contribution in [3.05, 3.63) is 65.7 Å². The van der Waals surface area contributed by atoms with Crippen molar-refractivity contribution >= 4 is 34.5 Å². The molecule has 2 amide bonds. The molecule has 0 radical (unpaired) electrons. The molecule has 2 aromatic carbocycles. The van der Waals surface area contributed by atoms with E-state index in [0.717, 1.165) is 23.8 Å². The zero-order valence-electron chi connectivity index (χ0n) is 17.0. The fraction of sp³-hybridized carbons (Fsp3) is 0.261. The van der Waals surface area contributed by atoms with Crippen LogP contribution in [0.5, 0.6) is 5.75 Å². The van der Waals surface area contributed by atoms with Crippen LogP contribution < -0.4 is 15.4 Å². The third-order valence-electron chi connectivity index (χ3n) is 4.84. The second-order valence-corrected chi connectivity index (χ2v) is 8.36. The Morgan fingerprint density at radius 1 is 1.12 bits per heavy atom. The van der Waals surface area contributed by atoms with Crippen molar-refractivity contribution in [1.82, 2.24) is 15.6 Å². The van der Waals surface area contributed by atoms with E-state index < -0.39 is 6.61 Å². The van der Waals surface area contributed by atoms with Gasteiger partial charge in [-0.15, -0.1) is 0 Å². The number of benzene rings is 2. The number of amides is 2. The van der Waals surface area contributed by atoms with Crippen LogP contribution in [-0.4, -0.2) is 35.2 Å².